The molecule has 1 atom stereocenters. The molecule has 0 bridgehead atoms. The predicted octanol–water partition coefficient (Wildman–Crippen LogP) is 3.25. The van der Waals surface area contributed by atoms with Crippen LogP contribution in [-0.4, -0.2) is 19.3 Å². The lowest BCUT2D eigenvalue weighted by atomic mass is 10.1. The molecule has 2 rings (SSSR count). The lowest BCUT2D eigenvalue weighted by Gasteiger charge is -2.11. The predicted molar refractivity (Wildman–Crippen MR) is 75.7 cm³/mol. The number of benzene rings is 1. The number of hydrogen-bond donors (Lipinski definition) is 1. The van der Waals surface area contributed by atoms with Crippen LogP contribution < -0.4 is 10.5 Å². The smallest absolute Gasteiger partial charge is 0.119 e. The largest absolute Gasteiger partial charge is 0.494 e. The van der Waals surface area contributed by atoms with E-state index in [2.05, 4.69) is 15.9 Å². The van der Waals surface area contributed by atoms with Crippen molar-refractivity contribution in [3.8, 4) is 5.75 Å². The Morgan fingerprint density at radius 1 is 1.44 bits per heavy atom. The molecule has 3 nitrogen and oxygen atoms in total. The van der Waals surface area contributed by atoms with E-state index in [1.165, 1.54) is 12.8 Å². The van der Waals surface area contributed by atoms with Gasteiger partial charge in [0.2, 0.25) is 0 Å². The maximum absolute atomic E-state index is 5.73. The summed E-state index contributed by atoms with van der Waals surface area (Å²) in [7, 11) is 0. The van der Waals surface area contributed by atoms with Crippen LogP contribution in [0, 0.1) is 0 Å². The van der Waals surface area contributed by atoms with Gasteiger partial charge < -0.3 is 15.2 Å². The van der Waals surface area contributed by atoms with Crippen molar-refractivity contribution in [2.24, 2.45) is 5.73 Å². The lowest BCUT2D eigenvalue weighted by Crippen LogP contribution is -2.08. The Labute approximate surface area is 117 Å². The average molecular weight is 314 g/mol. The van der Waals surface area contributed by atoms with E-state index in [9.17, 15) is 0 Å². The molecule has 18 heavy (non-hydrogen) atoms. The van der Waals surface area contributed by atoms with E-state index in [1.807, 2.05) is 18.2 Å². The minimum atomic E-state index is 0.457. The summed E-state index contributed by atoms with van der Waals surface area (Å²) in [5, 5.41) is 0. The fourth-order valence-electron chi connectivity index (χ4n) is 2.17. The van der Waals surface area contributed by atoms with Gasteiger partial charge in [-0.1, -0.05) is 15.9 Å². The van der Waals surface area contributed by atoms with E-state index in [0.717, 1.165) is 41.8 Å². The lowest BCUT2D eigenvalue weighted by molar-refractivity contribution is 0.0981. The van der Waals surface area contributed by atoms with Crippen LogP contribution in [0.2, 0.25) is 0 Å². The molecule has 1 heterocycles. The van der Waals surface area contributed by atoms with Gasteiger partial charge in [-0.15, -0.1) is 0 Å². The van der Waals surface area contributed by atoms with Gasteiger partial charge in [0, 0.05) is 17.6 Å². The number of nitrogens with two attached hydrogens (primary N) is 1. The van der Waals surface area contributed by atoms with E-state index in [0.29, 0.717) is 12.6 Å². The molecule has 1 aliphatic rings. The van der Waals surface area contributed by atoms with Crippen LogP contribution in [0.1, 0.15) is 31.2 Å². The van der Waals surface area contributed by atoms with Gasteiger partial charge in [-0.25, -0.2) is 0 Å². The van der Waals surface area contributed by atoms with Gasteiger partial charge in [-0.2, -0.15) is 0 Å². The molecule has 2 N–H and O–H groups in total. The van der Waals surface area contributed by atoms with Gasteiger partial charge in [-0.05, 0) is 49.4 Å². The molecule has 0 amide bonds. The van der Waals surface area contributed by atoms with Crippen LogP contribution in [0.3, 0.4) is 0 Å². The number of ether oxygens (including phenoxy) is 2. The molecule has 1 aromatic rings. The first-order valence-corrected chi connectivity index (χ1v) is 7.32. The summed E-state index contributed by atoms with van der Waals surface area (Å²) in [6, 6.07) is 5.95. The second-order valence-corrected chi connectivity index (χ2v) is 5.44. The first-order valence-electron chi connectivity index (χ1n) is 6.52. The second kappa shape index (κ2) is 7.12. The van der Waals surface area contributed by atoms with Crippen molar-refractivity contribution in [3.05, 3.63) is 28.2 Å². The topological polar surface area (TPSA) is 44.5 Å². The first-order chi connectivity index (χ1) is 8.79. The zero-order valence-electron chi connectivity index (χ0n) is 10.5. The quantitative estimate of drug-likeness (QED) is 0.820. The van der Waals surface area contributed by atoms with E-state index >= 15 is 0 Å². The van der Waals surface area contributed by atoms with Crippen molar-refractivity contribution in [3.63, 3.8) is 0 Å². The fourth-order valence-corrected chi connectivity index (χ4v) is 2.58. The third kappa shape index (κ3) is 3.97. The van der Waals surface area contributed by atoms with Gasteiger partial charge in [-0.3, -0.25) is 0 Å². The Balaban J connectivity index is 1.72. The van der Waals surface area contributed by atoms with Gasteiger partial charge in [0.15, 0.2) is 0 Å². The molecule has 0 aliphatic carbocycles. The number of rotatable bonds is 6. The van der Waals surface area contributed by atoms with Gasteiger partial charge in [0.05, 0.1) is 12.7 Å². The molecule has 0 spiro atoms. The fraction of sp³-hybridized carbons (Fsp3) is 0.571. The van der Waals surface area contributed by atoms with Crippen molar-refractivity contribution < 1.29 is 9.47 Å². The molecule has 4 heteroatoms. The second-order valence-electron chi connectivity index (χ2n) is 4.58. The molecule has 1 fully saturated rings. The standard InChI is InChI=1S/C14H20BrNO2/c15-14-6-5-13(9-11(14)10-16)18-8-2-4-12-3-1-7-17-12/h5-6,9,12H,1-4,7-8,10,16H2. The van der Waals surface area contributed by atoms with Crippen molar-refractivity contribution in [1.29, 1.82) is 0 Å². The van der Waals surface area contributed by atoms with Crippen molar-refractivity contribution in [2.75, 3.05) is 13.2 Å². The van der Waals surface area contributed by atoms with E-state index in [4.69, 9.17) is 15.2 Å². The summed E-state index contributed by atoms with van der Waals surface area (Å²) >= 11 is 3.47. The van der Waals surface area contributed by atoms with Gasteiger partial charge in [0.1, 0.15) is 5.75 Å². The zero-order chi connectivity index (χ0) is 12.8. The van der Waals surface area contributed by atoms with Crippen LogP contribution in [0.25, 0.3) is 0 Å². The van der Waals surface area contributed by atoms with E-state index in [-0.39, 0.29) is 0 Å². The summed E-state index contributed by atoms with van der Waals surface area (Å²) in [5.41, 5.74) is 6.73. The average Bonchev–Trinajstić information content (AvgIpc) is 2.89. The molecule has 1 aromatic carbocycles. The number of halogens is 1. The molecule has 0 saturated carbocycles. The van der Waals surface area contributed by atoms with E-state index in [1.54, 1.807) is 0 Å². The highest BCUT2D eigenvalue weighted by atomic mass is 79.9. The summed E-state index contributed by atoms with van der Waals surface area (Å²) in [5.74, 6) is 0.894. The third-order valence-electron chi connectivity index (χ3n) is 3.20. The Morgan fingerprint density at radius 3 is 3.06 bits per heavy atom. The SMILES string of the molecule is NCc1cc(OCCCC2CCCO2)ccc1Br. The molecule has 0 radical (unpaired) electrons. The van der Waals surface area contributed by atoms with Gasteiger partial charge in [0.25, 0.3) is 0 Å². The van der Waals surface area contributed by atoms with Crippen LogP contribution in [0.5, 0.6) is 5.75 Å². The van der Waals surface area contributed by atoms with Crippen molar-refractivity contribution >= 4 is 15.9 Å². The molecule has 1 unspecified atom stereocenters. The maximum atomic E-state index is 5.73. The van der Waals surface area contributed by atoms with Crippen LogP contribution >= 0.6 is 15.9 Å². The minimum Gasteiger partial charge on any atom is -0.494 e. The Hall–Kier alpha value is -0.580. The van der Waals surface area contributed by atoms with Crippen molar-refractivity contribution in [2.45, 2.75) is 38.3 Å². The minimum absolute atomic E-state index is 0.457. The van der Waals surface area contributed by atoms with Crippen LogP contribution in [0.4, 0.5) is 0 Å². The summed E-state index contributed by atoms with van der Waals surface area (Å²) in [6.45, 7) is 2.19. The molecular weight excluding hydrogens is 294 g/mol. The maximum Gasteiger partial charge on any atom is 0.119 e. The van der Waals surface area contributed by atoms with Crippen molar-refractivity contribution in [1.82, 2.24) is 0 Å². The highest BCUT2D eigenvalue weighted by Gasteiger charge is 2.14. The molecule has 0 aromatic heterocycles. The molecular formula is C14H20BrNO2. The molecule has 100 valence electrons. The Bertz CT molecular complexity index is 378. The molecule has 1 saturated heterocycles. The Morgan fingerprint density at radius 2 is 2.33 bits per heavy atom. The third-order valence-corrected chi connectivity index (χ3v) is 3.97. The zero-order valence-corrected chi connectivity index (χ0v) is 12.1. The first kappa shape index (κ1) is 13.8. The molecule has 1 aliphatic heterocycles. The Kier molecular flexibility index (Phi) is 5.47. The summed E-state index contributed by atoms with van der Waals surface area (Å²) in [4.78, 5) is 0. The summed E-state index contributed by atoms with van der Waals surface area (Å²) < 4.78 is 12.3. The highest BCUT2D eigenvalue weighted by molar-refractivity contribution is 9.10. The van der Waals surface area contributed by atoms with E-state index < -0.39 is 0 Å². The number of hydrogen-bond acceptors (Lipinski definition) is 3. The normalized spacial score (nSPS) is 19.1. The highest BCUT2D eigenvalue weighted by Crippen LogP contribution is 2.23. The monoisotopic (exact) mass is 313 g/mol. The van der Waals surface area contributed by atoms with Crippen LogP contribution in [0.15, 0.2) is 22.7 Å². The van der Waals surface area contributed by atoms with Crippen LogP contribution in [-0.2, 0) is 11.3 Å². The van der Waals surface area contributed by atoms with Gasteiger partial charge >= 0.3 is 0 Å². The summed E-state index contributed by atoms with van der Waals surface area (Å²) in [6.07, 6.45) is 5.00.